The maximum atomic E-state index is 5.95. The Morgan fingerprint density at radius 2 is 2.17 bits per heavy atom. The fraction of sp³-hybridized carbons (Fsp3) is 0.357. The van der Waals surface area contributed by atoms with Crippen LogP contribution in [0.3, 0.4) is 0 Å². The largest absolute Gasteiger partial charge is 0.483 e. The molecule has 1 atom stereocenters. The predicted octanol–water partition coefficient (Wildman–Crippen LogP) is 4.64. The van der Waals surface area contributed by atoms with Gasteiger partial charge in [-0.3, -0.25) is 0 Å². The molecule has 4 heteroatoms. The molecule has 0 spiro atoms. The van der Waals surface area contributed by atoms with Gasteiger partial charge in [-0.1, -0.05) is 17.7 Å². The van der Waals surface area contributed by atoms with E-state index in [1.807, 2.05) is 18.4 Å². The number of aromatic nitrogens is 1. The second-order valence-electron chi connectivity index (χ2n) is 4.34. The Morgan fingerprint density at radius 3 is 2.78 bits per heavy atom. The molecule has 0 bridgehead atoms. The van der Waals surface area contributed by atoms with E-state index in [2.05, 4.69) is 31.0 Å². The molecule has 1 aromatic heterocycles. The summed E-state index contributed by atoms with van der Waals surface area (Å²) in [5.41, 5.74) is 3.30. The molecule has 0 aliphatic rings. The normalized spacial score (nSPS) is 12.4. The molecular weight excluding hydrogens is 266 g/mol. The number of aryl methyl sites for hydroxylation is 2. The third-order valence-corrected chi connectivity index (χ3v) is 4.02. The molecule has 2 rings (SSSR count). The van der Waals surface area contributed by atoms with Gasteiger partial charge < -0.3 is 4.74 Å². The van der Waals surface area contributed by atoms with Gasteiger partial charge in [-0.25, -0.2) is 4.98 Å². The lowest BCUT2D eigenvalue weighted by atomic mass is 10.1. The molecule has 1 heterocycles. The van der Waals surface area contributed by atoms with Crippen molar-refractivity contribution in [1.29, 1.82) is 0 Å². The number of hydrogen-bond acceptors (Lipinski definition) is 3. The molecule has 96 valence electrons. The van der Waals surface area contributed by atoms with Gasteiger partial charge in [0.15, 0.2) is 0 Å². The molecule has 1 aromatic carbocycles. The van der Waals surface area contributed by atoms with E-state index in [1.165, 1.54) is 5.56 Å². The smallest absolute Gasteiger partial charge is 0.147 e. The van der Waals surface area contributed by atoms with Crippen molar-refractivity contribution in [2.75, 3.05) is 0 Å². The Hall–Kier alpha value is -1.06. The SMILES string of the molecule is Cc1ccc(OC(C)c2nc(CCl)cs2)c(C)c1. The molecule has 0 aliphatic carbocycles. The third-order valence-electron chi connectivity index (χ3n) is 2.69. The van der Waals surface area contributed by atoms with Crippen LogP contribution in [0, 0.1) is 13.8 Å². The minimum absolute atomic E-state index is 0.0478. The fourth-order valence-corrected chi connectivity index (χ4v) is 2.77. The number of benzene rings is 1. The van der Waals surface area contributed by atoms with Crippen molar-refractivity contribution < 1.29 is 4.74 Å². The van der Waals surface area contributed by atoms with Crippen LogP contribution in [0.5, 0.6) is 5.75 Å². The van der Waals surface area contributed by atoms with Crippen LogP contribution < -0.4 is 4.74 Å². The van der Waals surface area contributed by atoms with Crippen LogP contribution in [0.2, 0.25) is 0 Å². The molecule has 0 saturated carbocycles. The topological polar surface area (TPSA) is 22.1 Å². The van der Waals surface area contributed by atoms with Crippen molar-refractivity contribution in [3.63, 3.8) is 0 Å². The lowest BCUT2D eigenvalue weighted by molar-refractivity contribution is 0.224. The minimum Gasteiger partial charge on any atom is -0.483 e. The summed E-state index contributed by atoms with van der Waals surface area (Å²) in [7, 11) is 0. The predicted molar refractivity (Wildman–Crippen MR) is 76.6 cm³/mol. The molecule has 18 heavy (non-hydrogen) atoms. The van der Waals surface area contributed by atoms with Gasteiger partial charge in [0.25, 0.3) is 0 Å². The van der Waals surface area contributed by atoms with Crippen molar-refractivity contribution in [3.8, 4) is 5.75 Å². The van der Waals surface area contributed by atoms with E-state index in [1.54, 1.807) is 11.3 Å². The summed E-state index contributed by atoms with van der Waals surface area (Å²) >= 11 is 7.34. The summed E-state index contributed by atoms with van der Waals surface area (Å²) in [5, 5.41) is 2.94. The number of ether oxygens (including phenoxy) is 1. The number of rotatable bonds is 4. The summed E-state index contributed by atoms with van der Waals surface area (Å²) in [5.74, 6) is 1.36. The van der Waals surface area contributed by atoms with Crippen molar-refractivity contribution in [2.45, 2.75) is 32.8 Å². The highest BCUT2D eigenvalue weighted by Gasteiger charge is 2.13. The first kappa shape index (κ1) is 13.4. The molecule has 0 N–H and O–H groups in total. The van der Waals surface area contributed by atoms with E-state index in [4.69, 9.17) is 16.3 Å². The summed E-state index contributed by atoms with van der Waals surface area (Å²) in [6.45, 7) is 6.14. The van der Waals surface area contributed by atoms with Gasteiger partial charge in [0.05, 0.1) is 11.6 Å². The average molecular weight is 282 g/mol. The number of hydrogen-bond donors (Lipinski definition) is 0. The molecule has 2 nitrogen and oxygen atoms in total. The third kappa shape index (κ3) is 3.03. The standard InChI is InChI=1S/C14H16ClNOS/c1-9-4-5-13(10(2)6-9)17-11(3)14-16-12(7-15)8-18-14/h4-6,8,11H,7H2,1-3H3. The Balaban J connectivity index is 2.13. The Morgan fingerprint density at radius 1 is 1.39 bits per heavy atom. The highest BCUT2D eigenvalue weighted by molar-refractivity contribution is 7.09. The fourth-order valence-electron chi connectivity index (χ4n) is 1.74. The quantitative estimate of drug-likeness (QED) is 0.762. The van der Waals surface area contributed by atoms with Crippen LogP contribution in [0.15, 0.2) is 23.6 Å². The van der Waals surface area contributed by atoms with Gasteiger partial charge in [0.2, 0.25) is 0 Å². The van der Waals surface area contributed by atoms with Crippen LogP contribution >= 0.6 is 22.9 Å². The highest BCUT2D eigenvalue weighted by Crippen LogP contribution is 2.27. The average Bonchev–Trinajstić information content (AvgIpc) is 2.81. The number of thiazole rings is 1. The van der Waals surface area contributed by atoms with E-state index < -0.39 is 0 Å². The second-order valence-corrected chi connectivity index (χ2v) is 5.50. The van der Waals surface area contributed by atoms with Gasteiger partial charge in [0, 0.05) is 5.38 Å². The zero-order chi connectivity index (χ0) is 13.1. The van der Waals surface area contributed by atoms with Crippen molar-refractivity contribution in [1.82, 2.24) is 4.98 Å². The van der Waals surface area contributed by atoms with Crippen molar-refractivity contribution in [3.05, 3.63) is 45.4 Å². The molecule has 0 aliphatic heterocycles. The van der Waals surface area contributed by atoms with Gasteiger partial charge in [0.1, 0.15) is 16.9 Å². The first-order valence-corrected chi connectivity index (χ1v) is 7.25. The van der Waals surface area contributed by atoms with Gasteiger partial charge in [-0.2, -0.15) is 0 Å². The molecule has 1 unspecified atom stereocenters. The summed E-state index contributed by atoms with van der Waals surface area (Å²) < 4.78 is 5.95. The Labute approximate surface area is 117 Å². The first-order valence-electron chi connectivity index (χ1n) is 5.84. The summed E-state index contributed by atoms with van der Waals surface area (Å²) in [4.78, 5) is 4.43. The number of halogens is 1. The van der Waals surface area contributed by atoms with Crippen LogP contribution in [0.4, 0.5) is 0 Å². The van der Waals surface area contributed by atoms with Crippen LogP contribution in [-0.4, -0.2) is 4.98 Å². The van der Waals surface area contributed by atoms with Crippen LogP contribution in [0.1, 0.15) is 34.9 Å². The van der Waals surface area contributed by atoms with Crippen LogP contribution in [0.25, 0.3) is 0 Å². The second kappa shape index (κ2) is 5.72. The van der Waals surface area contributed by atoms with Crippen molar-refractivity contribution >= 4 is 22.9 Å². The lowest BCUT2D eigenvalue weighted by Gasteiger charge is -2.14. The molecule has 0 fully saturated rings. The first-order chi connectivity index (χ1) is 8.60. The monoisotopic (exact) mass is 281 g/mol. The Bertz CT molecular complexity index is 538. The maximum Gasteiger partial charge on any atom is 0.147 e. The highest BCUT2D eigenvalue weighted by atomic mass is 35.5. The zero-order valence-corrected chi connectivity index (χ0v) is 12.3. The minimum atomic E-state index is -0.0478. The van der Waals surface area contributed by atoms with Gasteiger partial charge in [-0.05, 0) is 32.4 Å². The van der Waals surface area contributed by atoms with Gasteiger partial charge >= 0.3 is 0 Å². The molecular formula is C14H16ClNOS. The Kier molecular flexibility index (Phi) is 4.25. The van der Waals surface area contributed by atoms with Crippen molar-refractivity contribution in [2.24, 2.45) is 0 Å². The van der Waals surface area contributed by atoms with E-state index in [9.17, 15) is 0 Å². The summed E-state index contributed by atoms with van der Waals surface area (Å²) in [6.07, 6.45) is -0.0478. The molecule has 0 radical (unpaired) electrons. The van der Waals surface area contributed by atoms with E-state index in [-0.39, 0.29) is 6.10 Å². The number of nitrogens with zero attached hydrogens (tertiary/aromatic N) is 1. The number of alkyl halides is 1. The summed E-state index contributed by atoms with van der Waals surface area (Å²) in [6, 6.07) is 6.19. The van der Waals surface area contributed by atoms with E-state index in [0.29, 0.717) is 5.88 Å². The molecule has 0 amide bonds. The zero-order valence-electron chi connectivity index (χ0n) is 10.7. The maximum absolute atomic E-state index is 5.95. The van der Waals surface area contributed by atoms with E-state index in [0.717, 1.165) is 22.0 Å². The lowest BCUT2D eigenvalue weighted by Crippen LogP contribution is -2.04. The molecule has 2 aromatic rings. The van der Waals surface area contributed by atoms with Gasteiger partial charge in [-0.15, -0.1) is 22.9 Å². The molecule has 0 saturated heterocycles. The van der Waals surface area contributed by atoms with Crippen LogP contribution in [-0.2, 0) is 5.88 Å². The van der Waals surface area contributed by atoms with E-state index >= 15 is 0 Å².